The first-order valence-electron chi connectivity index (χ1n) is 8.82. The summed E-state index contributed by atoms with van der Waals surface area (Å²) in [5, 5.41) is 8.50. The fourth-order valence-electron chi connectivity index (χ4n) is 1.75. The van der Waals surface area contributed by atoms with E-state index in [9.17, 15) is 4.79 Å². The van der Waals surface area contributed by atoms with Gasteiger partial charge in [-0.3, -0.25) is 4.79 Å². The Morgan fingerprint density at radius 1 is 0.667 bits per heavy atom. The minimum absolute atomic E-state index is 0.257. The maximum absolute atomic E-state index is 10.3. The first-order valence-corrected chi connectivity index (χ1v) is 8.82. The molecule has 128 valence electrons. The molecular weight excluding hydrogens is 296 g/mol. The molecule has 0 heterocycles. The average Bonchev–Trinajstić information content (AvgIpc) is 2.56. The Balaban J connectivity index is 3.50. The van der Waals surface area contributed by atoms with E-state index in [0.717, 1.165) is 44.9 Å². The largest absolute Gasteiger partial charge is 0.481 e. The smallest absolute Gasteiger partial charge is 0.303 e. The van der Waals surface area contributed by atoms with Gasteiger partial charge in [-0.05, 0) is 19.3 Å². The molecule has 2 heteroatoms. The summed E-state index contributed by atoms with van der Waals surface area (Å²) in [6, 6.07) is 0. The third kappa shape index (κ3) is 19.7. The molecule has 2 nitrogen and oxygen atoms in total. The van der Waals surface area contributed by atoms with Crippen LogP contribution in [0.1, 0.15) is 84.0 Å². The molecule has 0 saturated heterocycles. The third-order valence-electron chi connectivity index (χ3n) is 3.08. The van der Waals surface area contributed by atoms with Crippen molar-refractivity contribution in [1.82, 2.24) is 0 Å². The van der Waals surface area contributed by atoms with Gasteiger partial charge in [0.1, 0.15) is 0 Å². The zero-order chi connectivity index (χ0) is 17.7. The maximum Gasteiger partial charge on any atom is 0.303 e. The molecule has 0 radical (unpaired) electrons. The Morgan fingerprint density at radius 2 is 1.17 bits per heavy atom. The third-order valence-corrected chi connectivity index (χ3v) is 3.08. The molecule has 0 bridgehead atoms. The molecule has 1 N–H and O–H groups in total. The Hall–Kier alpha value is -2.29. The number of carboxylic acid groups (broad SMARTS) is 1. The minimum atomic E-state index is -0.721. The predicted octanol–water partition coefficient (Wildman–Crippen LogP) is 4.79. The van der Waals surface area contributed by atoms with Gasteiger partial charge >= 0.3 is 5.97 Å². The molecule has 0 unspecified atom stereocenters. The first kappa shape index (κ1) is 21.7. The highest BCUT2D eigenvalue weighted by Crippen LogP contribution is 2.01. The van der Waals surface area contributed by atoms with Crippen molar-refractivity contribution < 1.29 is 9.90 Å². The van der Waals surface area contributed by atoms with Gasteiger partial charge in [0, 0.05) is 32.1 Å². The summed E-state index contributed by atoms with van der Waals surface area (Å²) in [6.45, 7) is 2.17. The molecular formula is C22H28O2. The van der Waals surface area contributed by atoms with Crippen LogP contribution in [0.4, 0.5) is 0 Å². The lowest BCUT2D eigenvalue weighted by Crippen LogP contribution is -1.93. The molecule has 0 aliphatic rings. The van der Waals surface area contributed by atoms with Crippen LogP contribution in [0, 0.1) is 47.4 Å². The summed E-state index contributed by atoms with van der Waals surface area (Å²) in [6.07, 6.45) is 9.89. The van der Waals surface area contributed by atoms with E-state index in [1.807, 2.05) is 0 Å². The van der Waals surface area contributed by atoms with Crippen molar-refractivity contribution in [2.45, 2.75) is 84.0 Å². The van der Waals surface area contributed by atoms with Crippen LogP contribution in [-0.2, 0) is 4.79 Å². The highest BCUT2D eigenvalue weighted by molar-refractivity contribution is 5.66. The van der Waals surface area contributed by atoms with E-state index in [4.69, 9.17) is 5.11 Å². The van der Waals surface area contributed by atoms with Gasteiger partial charge in [-0.2, -0.15) is 0 Å². The van der Waals surface area contributed by atoms with Crippen LogP contribution < -0.4 is 0 Å². The molecule has 0 saturated carbocycles. The van der Waals surface area contributed by atoms with E-state index in [1.165, 1.54) is 12.8 Å². The molecule has 0 atom stereocenters. The molecule has 0 aromatic carbocycles. The summed E-state index contributed by atoms with van der Waals surface area (Å²) in [4.78, 5) is 10.3. The van der Waals surface area contributed by atoms with Gasteiger partial charge in [-0.15, -0.1) is 23.7 Å². The standard InChI is InChI=1S/C22H28O2/c1-2-3-4-5-6-7-8-9-10-11-12-13-14-15-16-17-18-19-20-21-22(23)24/h2-4,7,10-11,14,17-21H2,1H3,(H,23,24). The van der Waals surface area contributed by atoms with E-state index in [1.54, 1.807) is 0 Å². The summed E-state index contributed by atoms with van der Waals surface area (Å²) in [5.74, 6) is 23.8. The number of rotatable bonds is 8. The Bertz CT molecular complexity index is 570. The van der Waals surface area contributed by atoms with Gasteiger partial charge in [0.15, 0.2) is 0 Å². The summed E-state index contributed by atoms with van der Waals surface area (Å²) in [7, 11) is 0. The summed E-state index contributed by atoms with van der Waals surface area (Å²) in [5.41, 5.74) is 0. The van der Waals surface area contributed by atoms with E-state index in [2.05, 4.69) is 54.3 Å². The van der Waals surface area contributed by atoms with Crippen LogP contribution in [-0.4, -0.2) is 11.1 Å². The molecule has 0 aliphatic carbocycles. The molecule has 0 aromatic rings. The van der Waals surface area contributed by atoms with Crippen molar-refractivity contribution in [1.29, 1.82) is 0 Å². The van der Waals surface area contributed by atoms with E-state index < -0.39 is 5.97 Å². The van der Waals surface area contributed by atoms with Crippen molar-refractivity contribution in [2.24, 2.45) is 0 Å². The molecule has 0 spiro atoms. The monoisotopic (exact) mass is 324 g/mol. The van der Waals surface area contributed by atoms with Crippen LogP contribution in [0.25, 0.3) is 0 Å². The number of carbonyl (C=O) groups is 1. The fourth-order valence-corrected chi connectivity index (χ4v) is 1.75. The predicted molar refractivity (Wildman–Crippen MR) is 99.8 cm³/mol. The zero-order valence-electron chi connectivity index (χ0n) is 14.8. The lowest BCUT2D eigenvalue weighted by Gasteiger charge is -1.93. The van der Waals surface area contributed by atoms with Crippen molar-refractivity contribution in [2.75, 3.05) is 0 Å². The fraction of sp³-hybridized carbons (Fsp3) is 0.591. The van der Waals surface area contributed by atoms with Crippen molar-refractivity contribution >= 4 is 5.97 Å². The highest BCUT2D eigenvalue weighted by atomic mass is 16.4. The average molecular weight is 324 g/mol. The molecule has 0 aliphatic heterocycles. The number of unbranched alkanes of at least 4 members (excludes halogenated alkanes) is 6. The van der Waals surface area contributed by atoms with E-state index in [-0.39, 0.29) is 6.42 Å². The van der Waals surface area contributed by atoms with Crippen molar-refractivity contribution in [3.8, 4) is 47.4 Å². The topological polar surface area (TPSA) is 37.3 Å². The van der Waals surface area contributed by atoms with Crippen LogP contribution in [0.5, 0.6) is 0 Å². The molecule has 0 fully saturated rings. The molecule has 24 heavy (non-hydrogen) atoms. The second-order valence-electron chi connectivity index (χ2n) is 5.33. The second-order valence-corrected chi connectivity index (χ2v) is 5.33. The number of hydrogen-bond acceptors (Lipinski definition) is 1. The Kier molecular flexibility index (Phi) is 17.0. The van der Waals surface area contributed by atoms with E-state index >= 15 is 0 Å². The summed E-state index contributed by atoms with van der Waals surface area (Å²) >= 11 is 0. The lowest BCUT2D eigenvalue weighted by atomic mass is 10.1. The van der Waals surface area contributed by atoms with Crippen LogP contribution in [0.3, 0.4) is 0 Å². The molecule has 0 aromatic heterocycles. The molecule has 0 amide bonds. The summed E-state index contributed by atoms with van der Waals surface area (Å²) < 4.78 is 0. The van der Waals surface area contributed by atoms with Gasteiger partial charge in [0.2, 0.25) is 0 Å². The van der Waals surface area contributed by atoms with Crippen molar-refractivity contribution in [3.63, 3.8) is 0 Å². The second kappa shape index (κ2) is 18.8. The Morgan fingerprint density at radius 3 is 1.67 bits per heavy atom. The highest BCUT2D eigenvalue weighted by Gasteiger charge is 1.94. The number of carboxylic acids is 1. The lowest BCUT2D eigenvalue weighted by molar-refractivity contribution is -0.137. The van der Waals surface area contributed by atoms with Gasteiger partial charge in [0.25, 0.3) is 0 Å². The van der Waals surface area contributed by atoms with E-state index in [0.29, 0.717) is 12.8 Å². The minimum Gasteiger partial charge on any atom is -0.481 e. The van der Waals surface area contributed by atoms with Crippen molar-refractivity contribution in [3.05, 3.63) is 0 Å². The van der Waals surface area contributed by atoms with Gasteiger partial charge in [-0.1, -0.05) is 43.4 Å². The van der Waals surface area contributed by atoms with Crippen LogP contribution >= 0.6 is 0 Å². The van der Waals surface area contributed by atoms with Gasteiger partial charge < -0.3 is 5.11 Å². The van der Waals surface area contributed by atoms with Gasteiger partial charge in [-0.25, -0.2) is 0 Å². The zero-order valence-corrected chi connectivity index (χ0v) is 14.8. The van der Waals surface area contributed by atoms with Gasteiger partial charge in [0.05, 0.1) is 12.8 Å². The van der Waals surface area contributed by atoms with Crippen LogP contribution in [0.2, 0.25) is 0 Å². The maximum atomic E-state index is 10.3. The Labute approximate surface area is 147 Å². The quantitative estimate of drug-likeness (QED) is 0.515. The molecule has 0 rings (SSSR count). The number of aliphatic carboxylic acids is 1. The number of hydrogen-bond donors (Lipinski definition) is 1. The van der Waals surface area contributed by atoms with Crippen LogP contribution in [0.15, 0.2) is 0 Å². The SMILES string of the molecule is CCCCC#CCC#CCCC#CCC#CCCCCCC(=O)O. The first-order chi connectivity index (χ1) is 11.8. The normalized spacial score (nSPS) is 8.38.